The molecule has 1 fully saturated rings. The van der Waals surface area contributed by atoms with E-state index < -0.39 is 45.0 Å². The molecular weight excluding hydrogens is 384 g/mol. The molecule has 4 N–H and O–H groups in total. The molecule has 2 rings (SSSR count). The molecule has 9 heteroatoms. The van der Waals surface area contributed by atoms with E-state index >= 15 is 0 Å². The van der Waals surface area contributed by atoms with Crippen LogP contribution in [-0.2, 0) is 20.6 Å². The molecule has 8 nitrogen and oxygen atoms in total. The minimum Gasteiger partial charge on any atom is -0.479 e. The van der Waals surface area contributed by atoms with E-state index in [0.717, 1.165) is 5.56 Å². The molecule has 158 valence electrons. The molecule has 0 saturated carbocycles. The van der Waals surface area contributed by atoms with Gasteiger partial charge in [0.1, 0.15) is 24.1 Å². The van der Waals surface area contributed by atoms with Crippen molar-refractivity contribution in [3.63, 3.8) is 0 Å². The zero-order valence-electron chi connectivity index (χ0n) is 16.8. The average Bonchev–Trinajstić information content (AvgIpc) is 2.60. The lowest BCUT2D eigenvalue weighted by Gasteiger charge is -2.38. The summed E-state index contributed by atoms with van der Waals surface area (Å²) < 4.78 is 16.7. The second-order valence-corrected chi connectivity index (χ2v) is 13.4. The first kappa shape index (κ1) is 22.8. The minimum absolute atomic E-state index is 0.108. The van der Waals surface area contributed by atoms with Crippen LogP contribution in [-0.4, -0.2) is 65.4 Å². The van der Waals surface area contributed by atoms with E-state index in [1.165, 1.54) is 0 Å². The molecule has 1 heterocycles. The number of hydrogen-bond acceptors (Lipinski definition) is 7. The van der Waals surface area contributed by atoms with Crippen LogP contribution in [0, 0.1) is 0 Å². The zero-order chi connectivity index (χ0) is 21.3. The van der Waals surface area contributed by atoms with Gasteiger partial charge in [-0.1, -0.05) is 32.9 Å². The van der Waals surface area contributed by atoms with Crippen molar-refractivity contribution < 1.29 is 39.1 Å². The van der Waals surface area contributed by atoms with Crippen LogP contribution < -0.4 is 4.74 Å². The summed E-state index contributed by atoms with van der Waals surface area (Å²) in [7, 11) is -1.87. The Morgan fingerprint density at radius 2 is 1.64 bits per heavy atom. The standard InChI is InChI=1S/C19H30O8Si/c1-19(2,3)28(4,5)25-10-11-6-8-12(9-7-11)26-18-15(22)13(20)14(21)16(27-18)17(23)24/h6-9,13-16,18,20-22H,10H2,1-5H3,(H,23,24). The first-order valence-corrected chi connectivity index (χ1v) is 12.1. The van der Waals surface area contributed by atoms with Crippen molar-refractivity contribution in [2.24, 2.45) is 0 Å². The molecule has 0 amide bonds. The molecule has 1 aromatic carbocycles. The largest absolute Gasteiger partial charge is 0.479 e. The summed E-state index contributed by atoms with van der Waals surface area (Å²) in [5.74, 6) is -1.13. The number of hydrogen-bond donors (Lipinski definition) is 4. The molecule has 5 unspecified atom stereocenters. The molecule has 0 spiro atoms. The van der Waals surface area contributed by atoms with E-state index in [1.54, 1.807) is 24.3 Å². The average molecular weight is 415 g/mol. The predicted molar refractivity (Wildman–Crippen MR) is 103 cm³/mol. The van der Waals surface area contributed by atoms with Crippen molar-refractivity contribution in [1.82, 2.24) is 0 Å². The Bertz CT molecular complexity index is 670. The van der Waals surface area contributed by atoms with Crippen LogP contribution in [0.15, 0.2) is 24.3 Å². The molecule has 0 radical (unpaired) electrons. The number of aliphatic hydroxyl groups excluding tert-OH is 3. The van der Waals surface area contributed by atoms with Gasteiger partial charge < -0.3 is 34.3 Å². The third-order valence-corrected chi connectivity index (χ3v) is 9.87. The number of carbonyl (C=O) groups is 1. The van der Waals surface area contributed by atoms with Gasteiger partial charge in [0.25, 0.3) is 0 Å². The first-order valence-electron chi connectivity index (χ1n) is 9.15. The van der Waals surface area contributed by atoms with Gasteiger partial charge in [0, 0.05) is 0 Å². The maximum atomic E-state index is 11.1. The molecule has 1 aliphatic heterocycles. The van der Waals surface area contributed by atoms with Gasteiger partial charge in [0.15, 0.2) is 14.4 Å². The van der Waals surface area contributed by atoms with E-state index in [-0.39, 0.29) is 5.04 Å². The number of aliphatic carboxylic acids is 1. The third kappa shape index (κ3) is 5.10. The summed E-state index contributed by atoms with van der Waals surface area (Å²) in [6.07, 6.45) is -8.15. The number of aliphatic hydroxyl groups is 3. The SMILES string of the molecule is CC(C)(C)[Si](C)(C)OCc1ccc(OC2OC(C(=O)O)C(O)C(O)C2O)cc1. The molecule has 1 aliphatic rings. The number of ether oxygens (including phenoxy) is 2. The summed E-state index contributed by atoms with van der Waals surface area (Å²) in [5, 5.41) is 38.7. The summed E-state index contributed by atoms with van der Waals surface area (Å²) >= 11 is 0. The molecule has 28 heavy (non-hydrogen) atoms. The normalized spacial score (nSPS) is 28.8. The lowest BCUT2D eigenvalue weighted by Crippen LogP contribution is -2.61. The molecule has 0 aliphatic carbocycles. The monoisotopic (exact) mass is 414 g/mol. The second kappa shape index (κ2) is 8.48. The van der Waals surface area contributed by atoms with E-state index in [1.807, 2.05) is 0 Å². The highest BCUT2D eigenvalue weighted by Gasteiger charge is 2.48. The van der Waals surface area contributed by atoms with Gasteiger partial charge in [-0.2, -0.15) is 0 Å². The highest BCUT2D eigenvalue weighted by molar-refractivity contribution is 6.74. The van der Waals surface area contributed by atoms with E-state index in [0.29, 0.717) is 12.4 Å². The van der Waals surface area contributed by atoms with Crippen molar-refractivity contribution in [3.8, 4) is 5.75 Å². The van der Waals surface area contributed by atoms with Crippen LogP contribution in [0.4, 0.5) is 0 Å². The van der Waals surface area contributed by atoms with Gasteiger partial charge in [-0.15, -0.1) is 0 Å². The van der Waals surface area contributed by atoms with Crippen LogP contribution in [0.1, 0.15) is 26.3 Å². The van der Waals surface area contributed by atoms with Crippen LogP contribution in [0.5, 0.6) is 5.75 Å². The molecule has 0 aromatic heterocycles. The van der Waals surface area contributed by atoms with Crippen LogP contribution in [0.25, 0.3) is 0 Å². The van der Waals surface area contributed by atoms with Crippen LogP contribution in [0.2, 0.25) is 18.1 Å². The zero-order valence-corrected chi connectivity index (χ0v) is 17.8. The first-order chi connectivity index (χ1) is 12.8. The number of benzene rings is 1. The molecule has 1 saturated heterocycles. The Labute approximate surface area is 165 Å². The Morgan fingerprint density at radius 3 is 2.14 bits per heavy atom. The van der Waals surface area contributed by atoms with Crippen molar-refractivity contribution in [2.45, 2.75) is 76.2 Å². The van der Waals surface area contributed by atoms with Crippen molar-refractivity contribution in [1.29, 1.82) is 0 Å². The summed E-state index contributed by atoms with van der Waals surface area (Å²) in [5.41, 5.74) is 0.946. The van der Waals surface area contributed by atoms with E-state index in [2.05, 4.69) is 33.9 Å². The highest BCUT2D eigenvalue weighted by Crippen LogP contribution is 2.37. The third-order valence-electron chi connectivity index (χ3n) is 5.39. The van der Waals surface area contributed by atoms with Crippen LogP contribution >= 0.6 is 0 Å². The molecular formula is C19H30O8Si. The molecule has 5 atom stereocenters. The highest BCUT2D eigenvalue weighted by atomic mass is 28.4. The second-order valence-electron chi connectivity index (χ2n) is 8.55. The van der Waals surface area contributed by atoms with Crippen molar-refractivity contribution in [2.75, 3.05) is 0 Å². The fraction of sp³-hybridized carbons (Fsp3) is 0.632. The van der Waals surface area contributed by atoms with Gasteiger partial charge in [-0.25, -0.2) is 4.79 Å². The van der Waals surface area contributed by atoms with Gasteiger partial charge in [0.05, 0.1) is 6.61 Å². The smallest absolute Gasteiger partial charge is 0.335 e. The summed E-state index contributed by atoms with van der Waals surface area (Å²) in [4.78, 5) is 11.1. The Balaban J connectivity index is 2.01. The lowest BCUT2D eigenvalue weighted by atomic mass is 9.99. The minimum atomic E-state index is -1.87. The van der Waals surface area contributed by atoms with E-state index in [4.69, 9.17) is 19.0 Å². The van der Waals surface area contributed by atoms with Crippen molar-refractivity contribution >= 4 is 14.3 Å². The number of rotatable bonds is 6. The quantitative estimate of drug-likeness (QED) is 0.516. The number of carboxylic acid groups (broad SMARTS) is 1. The lowest BCUT2D eigenvalue weighted by molar-refractivity contribution is -0.271. The maximum absolute atomic E-state index is 11.1. The summed E-state index contributed by atoms with van der Waals surface area (Å²) in [6.45, 7) is 11.3. The fourth-order valence-corrected chi connectivity index (χ4v) is 3.39. The Kier molecular flexibility index (Phi) is 6.90. The van der Waals surface area contributed by atoms with E-state index in [9.17, 15) is 20.1 Å². The summed E-state index contributed by atoms with van der Waals surface area (Å²) in [6, 6.07) is 6.90. The molecule has 1 aromatic rings. The Morgan fingerprint density at radius 1 is 1.07 bits per heavy atom. The maximum Gasteiger partial charge on any atom is 0.335 e. The van der Waals surface area contributed by atoms with Gasteiger partial charge in [-0.3, -0.25) is 0 Å². The topological polar surface area (TPSA) is 126 Å². The van der Waals surface area contributed by atoms with Gasteiger partial charge >= 0.3 is 5.97 Å². The van der Waals surface area contributed by atoms with Gasteiger partial charge in [-0.05, 0) is 35.8 Å². The Hall–Kier alpha value is -1.49. The number of carboxylic acids is 1. The van der Waals surface area contributed by atoms with Gasteiger partial charge in [0.2, 0.25) is 6.29 Å². The predicted octanol–water partition coefficient (Wildman–Crippen LogP) is 1.48. The van der Waals surface area contributed by atoms with Crippen LogP contribution in [0.3, 0.4) is 0 Å². The molecule has 0 bridgehead atoms. The fourth-order valence-electron chi connectivity index (χ4n) is 2.43. The van der Waals surface area contributed by atoms with Crippen molar-refractivity contribution in [3.05, 3.63) is 29.8 Å².